The first-order valence-corrected chi connectivity index (χ1v) is 6.26. The van der Waals surface area contributed by atoms with Crippen molar-refractivity contribution in [2.45, 2.75) is 6.42 Å². The molecule has 20 heavy (non-hydrogen) atoms. The lowest BCUT2D eigenvalue weighted by molar-refractivity contribution is 0.573. The topological polar surface area (TPSA) is 17.8 Å². The molecule has 0 bridgehead atoms. The minimum atomic E-state index is -0.626. The van der Waals surface area contributed by atoms with Crippen molar-refractivity contribution in [1.29, 1.82) is 0 Å². The molecule has 0 aliphatic carbocycles. The molecule has 0 aliphatic rings. The average Bonchev–Trinajstić information content (AvgIpc) is 2.88. The highest BCUT2D eigenvalue weighted by Gasteiger charge is 2.08. The molecule has 0 saturated carbocycles. The molecule has 0 aliphatic heterocycles. The monoisotopic (exact) mass is 270 g/mol. The Bertz CT molecular complexity index is 720. The summed E-state index contributed by atoms with van der Waals surface area (Å²) < 4.78 is 28.0. The van der Waals surface area contributed by atoms with Gasteiger partial charge in [-0.25, -0.2) is 13.5 Å². The number of hydrogen-bond acceptors (Lipinski definition) is 1. The van der Waals surface area contributed by atoms with E-state index >= 15 is 0 Å². The summed E-state index contributed by atoms with van der Waals surface area (Å²) in [4.78, 5) is 0. The summed E-state index contributed by atoms with van der Waals surface area (Å²) in [6, 6.07) is 15.2. The van der Waals surface area contributed by atoms with E-state index in [0.29, 0.717) is 6.42 Å². The van der Waals surface area contributed by atoms with Crippen LogP contribution in [-0.4, -0.2) is 9.78 Å². The third-order valence-electron chi connectivity index (χ3n) is 3.03. The van der Waals surface area contributed by atoms with Crippen LogP contribution in [0.4, 0.5) is 8.78 Å². The number of hydrogen-bond donors (Lipinski definition) is 0. The summed E-state index contributed by atoms with van der Waals surface area (Å²) in [7, 11) is 0. The highest BCUT2D eigenvalue weighted by molar-refractivity contribution is 5.33. The first-order chi connectivity index (χ1) is 9.72. The Hall–Kier alpha value is -2.49. The molecule has 3 rings (SSSR count). The molecule has 4 heteroatoms. The number of nitrogens with zero attached hydrogens (tertiary/aromatic N) is 2. The molecule has 0 fully saturated rings. The maximum atomic E-state index is 13.7. The van der Waals surface area contributed by atoms with Crippen LogP contribution < -0.4 is 0 Å². The zero-order valence-corrected chi connectivity index (χ0v) is 10.6. The summed E-state index contributed by atoms with van der Waals surface area (Å²) >= 11 is 0. The quantitative estimate of drug-likeness (QED) is 0.709. The van der Waals surface area contributed by atoms with Gasteiger partial charge in [0.25, 0.3) is 0 Å². The Morgan fingerprint density at radius 1 is 0.950 bits per heavy atom. The lowest BCUT2D eigenvalue weighted by Crippen LogP contribution is -2.00. The first kappa shape index (κ1) is 12.5. The lowest BCUT2D eigenvalue weighted by atomic mass is 10.1. The fraction of sp³-hybridized carbons (Fsp3) is 0.0625. The van der Waals surface area contributed by atoms with Crippen LogP contribution in [0.5, 0.6) is 0 Å². The van der Waals surface area contributed by atoms with E-state index in [1.165, 1.54) is 16.8 Å². The number of aromatic nitrogens is 2. The SMILES string of the molecule is Fc1ccc(-n2ccc(Cc3ccccc3)n2)c(F)c1. The normalized spacial score (nSPS) is 10.7. The molecule has 0 spiro atoms. The number of halogens is 2. The van der Waals surface area contributed by atoms with Crippen molar-refractivity contribution in [2.24, 2.45) is 0 Å². The van der Waals surface area contributed by atoms with Crippen LogP contribution in [0.25, 0.3) is 5.69 Å². The summed E-state index contributed by atoms with van der Waals surface area (Å²) in [5.74, 6) is -1.22. The molecule has 0 unspecified atom stereocenters. The second-order valence-electron chi connectivity index (χ2n) is 4.51. The molecule has 0 radical (unpaired) electrons. The summed E-state index contributed by atoms with van der Waals surface area (Å²) in [6.45, 7) is 0. The Morgan fingerprint density at radius 2 is 1.75 bits per heavy atom. The molecule has 0 N–H and O–H groups in total. The van der Waals surface area contributed by atoms with Gasteiger partial charge in [0.1, 0.15) is 11.5 Å². The largest absolute Gasteiger partial charge is 0.238 e. The molecular formula is C16H12F2N2. The van der Waals surface area contributed by atoms with Crippen molar-refractivity contribution in [3.8, 4) is 5.69 Å². The average molecular weight is 270 g/mol. The molecule has 3 aromatic rings. The molecule has 0 saturated heterocycles. The van der Waals surface area contributed by atoms with Crippen LogP contribution in [0.2, 0.25) is 0 Å². The van der Waals surface area contributed by atoms with Crippen molar-refractivity contribution in [3.05, 3.63) is 83.7 Å². The van der Waals surface area contributed by atoms with Gasteiger partial charge < -0.3 is 0 Å². The van der Waals surface area contributed by atoms with E-state index in [-0.39, 0.29) is 5.69 Å². The standard InChI is InChI=1S/C16H12F2N2/c17-13-6-7-16(15(18)11-13)20-9-8-14(19-20)10-12-4-2-1-3-5-12/h1-9,11H,10H2. The van der Waals surface area contributed by atoms with Crippen molar-refractivity contribution < 1.29 is 8.78 Å². The van der Waals surface area contributed by atoms with Crippen LogP contribution in [0.3, 0.4) is 0 Å². The zero-order valence-electron chi connectivity index (χ0n) is 10.6. The van der Waals surface area contributed by atoms with Crippen molar-refractivity contribution in [3.63, 3.8) is 0 Å². The fourth-order valence-corrected chi connectivity index (χ4v) is 2.06. The van der Waals surface area contributed by atoms with E-state index in [1.54, 1.807) is 6.20 Å². The van der Waals surface area contributed by atoms with Crippen molar-refractivity contribution in [1.82, 2.24) is 9.78 Å². The van der Waals surface area contributed by atoms with Gasteiger partial charge in [0.15, 0.2) is 5.82 Å². The molecule has 0 amide bonds. The van der Waals surface area contributed by atoms with Crippen LogP contribution in [0.1, 0.15) is 11.3 Å². The smallest absolute Gasteiger partial charge is 0.151 e. The van der Waals surface area contributed by atoms with E-state index in [2.05, 4.69) is 5.10 Å². The van der Waals surface area contributed by atoms with Crippen LogP contribution in [0, 0.1) is 11.6 Å². The van der Waals surface area contributed by atoms with Gasteiger partial charge in [0, 0.05) is 18.7 Å². The molecule has 2 nitrogen and oxygen atoms in total. The Kier molecular flexibility index (Phi) is 3.29. The third kappa shape index (κ3) is 2.59. The molecular weight excluding hydrogens is 258 g/mol. The van der Waals surface area contributed by atoms with Crippen LogP contribution in [0.15, 0.2) is 60.8 Å². The molecule has 1 heterocycles. The van der Waals surface area contributed by atoms with Gasteiger partial charge in [-0.1, -0.05) is 30.3 Å². The van der Waals surface area contributed by atoms with E-state index < -0.39 is 11.6 Å². The Morgan fingerprint density at radius 3 is 2.50 bits per heavy atom. The Balaban J connectivity index is 1.87. The summed E-state index contributed by atoms with van der Waals surface area (Å²) in [6.07, 6.45) is 2.35. The van der Waals surface area contributed by atoms with E-state index in [1.807, 2.05) is 36.4 Å². The zero-order chi connectivity index (χ0) is 13.9. The molecule has 1 aromatic heterocycles. The fourth-order valence-electron chi connectivity index (χ4n) is 2.06. The minimum absolute atomic E-state index is 0.241. The predicted molar refractivity (Wildman–Crippen MR) is 72.7 cm³/mol. The van der Waals surface area contributed by atoms with Gasteiger partial charge in [-0.2, -0.15) is 5.10 Å². The van der Waals surface area contributed by atoms with Crippen molar-refractivity contribution >= 4 is 0 Å². The summed E-state index contributed by atoms with van der Waals surface area (Å²) in [5, 5.41) is 4.32. The van der Waals surface area contributed by atoms with Gasteiger partial charge in [0.05, 0.1) is 5.69 Å². The van der Waals surface area contributed by atoms with E-state index in [0.717, 1.165) is 17.3 Å². The maximum absolute atomic E-state index is 13.7. The minimum Gasteiger partial charge on any atom is -0.238 e. The Labute approximate surface area is 115 Å². The van der Waals surface area contributed by atoms with Crippen molar-refractivity contribution in [2.75, 3.05) is 0 Å². The second kappa shape index (κ2) is 5.25. The molecule has 100 valence electrons. The van der Waals surface area contributed by atoms with E-state index in [9.17, 15) is 8.78 Å². The third-order valence-corrected chi connectivity index (χ3v) is 3.03. The van der Waals surface area contributed by atoms with E-state index in [4.69, 9.17) is 0 Å². The highest BCUT2D eigenvalue weighted by Crippen LogP contribution is 2.15. The van der Waals surface area contributed by atoms with Gasteiger partial charge >= 0.3 is 0 Å². The first-order valence-electron chi connectivity index (χ1n) is 6.26. The van der Waals surface area contributed by atoms with Gasteiger partial charge in [-0.3, -0.25) is 0 Å². The molecule has 2 aromatic carbocycles. The molecule has 0 atom stereocenters. The van der Waals surface area contributed by atoms with Gasteiger partial charge in [-0.05, 0) is 23.8 Å². The number of rotatable bonds is 3. The predicted octanol–water partition coefficient (Wildman–Crippen LogP) is 3.74. The maximum Gasteiger partial charge on any atom is 0.151 e. The summed E-state index contributed by atoms with van der Waals surface area (Å²) in [5.41, 5.74) is 2.21. The van der Waals surface area contributed by atoms with Gasteiger partial charge in [-0.15, -0.1) is 0 Å². The number of benzene rings is 2. The second-order valence-corrected chi connectivity index (χ2v) is 4.51. The lowest BCUT2D eigenvalue weighted by Gasteiger charge is -2.03. The van der Waals surface area contributed by atoms with Crippen LogP contribution in [-0.2, 0) is 6.42 Å². The highest BCUT2D eigenvalue weighted by atomic mass is 19.1. The van der Waals surface area contributed by atoms with Crippen LogP contribution >= 0.6 is 0 Å². The van der Waals surface area contributed by atoms with Gasteiger partial charge in [0.2, 0.25) is 0 Å².